The molecule has 21 heavy (non-hydrogen) atoms. The normalized spacial score (nSPS) is 11.1. The Labute approximate surface area is 126 Å². The number of ether oxygens (including phenoxy) is 1. The monoisotopic (exact) mass is 327 g/mol. The Morgan fingerprint density at radius 3 is 2.48 bits per heavy atom. The van der Waals surface area contributed by atoms with Crippen molar-refractivity contribution in [3.63, 3.8) is 0 Å². The second kappa shape index (κ2) is 5.71. The lowest BCUT2D eigenvalue weighted by Crippen LogP contribution is -1.98. The van der Waals surface area contributed by atoms with E-state index in [1.54, 1.807) is 0 Å². The first kappa shape index (κ1) is 15.3. The first-order chi connectivity index (χ1) is 9.79. The number of rotatable bonds is 4. The minimum absolute atomic E-state index is 0.0573. The van der Waals surface area contributed by atoms with Crippen molar-refractivity contribution in [2.24, 2.45) is 0 Å². The molecule has 0 saturated carbocycles. The molecule has 0 atom stereocenters. The third kappa shape index (κ3) is 3.50. The summed E-state index contributed by atoms with van der Waals surface area (Å²) in [7, 11) is -3.39. The molecule has 0 bridgehead atoms. The molecular formula is C13H10ClNO5S. The van der Waals surface area contributed by atoms with Crippen LogP contribution in [-0.4, -0.2) is 19.6 Å². The van der Waals surface area contributed by atoms with Gasteiger partial charge in [-0.05, 0) is 30.3 Å². The predicted molar refractivity (Wildman–Crippen MR) is 77.7 cm³/mol. The maximum Gasteiger partial charge on any atom is 0.329 e. The van der Waals surface area contributed by atoms with Gasteiger partial charge in [-0.15, -0.1) is 0 Å². The van der Waals surface area contributed by atoms with Gasteiger partial charge in [0, 0.05) is 6.26 Å². The van der Waals surface area contributed by atoms with E-state index in [4.69, 9.17) is 16.3 Å². The van der Waals surface area contributed by atoms with Crippen molar-refractivity contribution in [1.29, 1.82) is 0 Å². The SMILES string of the molecule is CS(=O)(=O)c1cccc(Oc2cccc(Cl)c2[N+](=O)[O-])c1. The van der Waals surface area contributed by atoms with Crippen LogP contribution in [0.2, 0.25) is 5.02 Å². The lowest BCUT2D eigenvalue weighted by molar-refractivity contribution is -0.385. The maximum absolute atomic E-state index is 11.5. The zero-order valence-corrected chi connectivity index (χ0v) is 12.4. The molecule has 0 saturated heterocycles. The van der Waals surface area contributed by atoms with Crippen LogP contribution in [-0.2, 0) is 9.84 Å². The number of para-hydroxylation sites is 1. The highest BCUT2D eigenvalue weighted by Gasteiger charge is 2.20. The number of halogens is 1. The molecule has 0 fully saturated rings. The van der Waals surface area contributed by atoms with Crippen molar-refractivity contribution >= 4 is 27.1 Å². The van der Waals surface area contributed by atoms with Crippen LogP contribution in [0.25, 0.3) is 0 Å². The summed E-state index contributed by atoms with van der Waals surface area (Å²) in [4.78, 5) is 10.4. The van der Waals surface area contributed by atoms with Crippen LogP contribution in [0, 0.1) is 10.1 Å². The van der Waals surface area contributed by atoms with Crippen LogP contribution in [0.15, 0.2) is 47.4 Å². The predicted octanol–water partition coefficient (Wildman–Crippen LogP) is 3.44. The summed E-state index contributed by atoms with van der Waals surface area (Å²) in [5, 5.41) is 10.9. The summed E-state index contributed by atoms with van der Waals surface area (Å²) in [5.41, 5.74) is -0.371. The van der Waals surface area contributed by atoms with E-state index < -0.39 is 14.8 Å². The number of sulfone groups is 1. The molecule has 0 unspecified atom stereocenters. The van der Waals surface area contributed by atoms with Crippen molar-refractivity contribution in [1.82, 2.24) is 0 Å². The summed E-state index contributed by atoms with van der Waals surface area (Å²) >= 11 is 5.78. The van der Waals surface area contributed by atoms with Crippen LogP contribution in [0.3, 0.4) is 0 Å². The van der Waals surface area contributed by atoms with Gasteiger partial charge in [0.2, 0.25) is 5.75 Å². The van der Waals surface area contributed by atoms with E-state index >= 15 is 0 Å². The molecule has 6 nitrogen and oxygen atoms in total. The zero-order chi connectivity index (χ0) is 15.6. The number of nitro groups is 1. The molecule has 0 aliphatic rings. The summed E-state index contributed by atoms with van der Waals surface area (Å²) in [6.07, 6.45) is 1.06. The molecule has 2 aromatic rings. The average Bonchev–Trinajstić information content (AvgIpc) is 2.37. The molecule has 0 amide bonds. The Kier molecular flexibility index (Phi) is 4.15. The van der Waals surface area contributed by atoms with Crippen molar-refractivity contribution in [2.45, 2.75) is 4.90 Å². The Bertz CT molecular complexity index is 804. The van der Waals surface area contributed by atoms with Gasteiger partial charge in [-0.1, -0.05) is 23.7 Å². The van der Waals surface area contributed by atoms with Crippen molar-refractivity contribution in [2.75, 3.05) is 6.26 Å². The zero-order valence-electron chi connectivity index (χ0n) is 10.8. The molecule has 110 valence electrons. The Morgan fingerprint density at radius 1 is 1.19 bits per heavy atom. The molecule has 0 aromatic heterocycles. The van der Waals surface area contributed by atoms with Gasteiger partial charge in [-0.3, -0.25) is 10.1 Å². The fraction of sp³-hybridized carbons (Fsp3) is 0.0769. The quantitative estimate of drug-likeness (QED) is 0.634. The molecule has 8 heteroatoms. The van der Waals surface area contributed by atoms with E-state index in [2.05, 4.69) is 0 Å². The van der Waals surface area contributed by atoms with Gasteiger partial charge >= 0.3 is 5.69 Å². The summed E-state index contributed by atoms with van der Waals surface area (Å²) in [6, 6.07) is 9.96. The van der Waals surface area contributed by atoms with Gasteiger partial charge in [0.15, 0.2) is 9.84 Å². The first-order valence-corrected chi connectivity index (χ1v) is 7.97. The Morgan fingerprint density at radius 2 is 1.86 bits per heavy atom. The van der Waals surface area contributed by atoms with E-state index in [0.29, 0.717) is 0 Å². The van der Waals surface area contributed by atoms with Crippen LogP contribution < -0.4 is 4.74 Å². The molecule has 0 radical (unpaired) electrons. The summed E-state index contributed by atoms with van der Waals surface area (Å²) in [5.74, 6) is 0.112. The van der Waals surface area contributed by atoms with Gasteiger partial charge < -0.3 is 4.74 Å². The molecule has 0 N–H and O–H groups in total. The lowest BCUT2D eigenvalue weighted by Gasteiger charge is -2.08. The Hall–Kier alpha value is -2.12. The standard InChI is InChI=1S/C13H10ClNO5S/c1-21(18,19)10-5-2-4-9(8-10)20-12-7-3-6-11(14)13(12)15(16)17/h2-8H,1H3. The molecular weight excluding hydrogens is 318 g/mol. The number of benzene rings is 2. The third-order valence-corrected chi connectivity index (χ3v) is 4.01. The molecule has 2 rings (SSSR count). The van der Waals surface area contributed by atoms with Crippen molar-refractivity contribution in [3.8, 4) is 11.5 Å². The molecule has 2 aromatic carbocycles. The average molecular weight is 328 g/mol. The lowest BCUT2D eigenvalue weighted by atomic mass is 10.3. The van der Waals surface area contributed by atoms with E-state index in [9.17, 15) is 18.5 Å². The number of nitro benzene ring substituents is 1. The molecule has 0 spiro atoms. The second-order valence-corrected chi connectivity index (χ2v) is 6.62. The van der Waals surface area contributed by atoms with Crippen LogP contribution in [0.5, 0.6) is 11.5 Å². The number of nitrogens with zero attached hydrogens (tertiary/aromatic N) is 1. The fourth-order valence-corrected chi connectivity index (χ4v) is 2.54. The minimum atomic E-state index is -3.39. The van der Waals surface area contributed by atoms with Crippen molar-refractivity contribution < 1.29 is 18.1 Å². The van der Waals surface area contributed by atoms with Crippen LogP contribution in [0.4, 0.5) is 5.69 Å². The first-order valence-electron chi connectivity index (χ1n) is 5.70. The smallest absolute Gasteiger partial charge is 0.329 e. The highest BCUT2D eigenvalue weighted by Crippen LogP contribution is 2.37. The van der Waals surface area contributed by atoms with E-state index in [1.807, 2.05) is 0 Å². The van der Waals surface area contributed by atoms with Gasteiger partial charge in [-0.25, -0.2) is 8.42 Å². The largest absolute Gasteiger partial charge is 0.450 e. The minimum Gasteiger partial charge on any atom is -0.450 e. The summed E-state index contributed by atoms with van der Waals surface area (Å²) in [6.45, 7) is 0. The van der Waals surface area contributed by atoms with Crippen LogP contribution in [0.1, 0.15) is 0 Å². The number of hydrogen-bond acceptors (Lipinski definition) is 5. The molecule has 0 aliphatic heterocycles. The maximum atomic E-state index is 11.5. The van der Waals surface area contributed by atoms with E-state index in [-0.39, 0.29) is 27.1 Å². The molecule has 0 heterocycles. The second-order valence-electron chi connectivity index (χ2n) is 4.19. The highest BCUT2D eigenvalue weighted by molar-refractivity contribution is 7.90. The highest BCUT2D eigenvalue weighted by atomic mass is 35.5. The van der Waals surface area contributed by atoms with E-state index in [0.717, 1.165) is 6.26 Å². The van der Waals surface area contributed by atoms with E-state index in [1.165, 1.54) is 42.5 Å². The van der Waals surface area contributed by atoms with Crippen molar-refractivity contribution in [3.05, 3.63) is 57.6 Å². The summed E-state index contributed by atoms with van der Waals surface area (Å²) < 4.78 is 28.4. The topological polar surface area (TPSA) is 86.5 Å². The van der Waals surface area contributed by atoms with Gasteiger partial charge in [0.25, 0.3) is 0 Å². The fourth-order valence-electron chi connectivity index (χ4n) is 1.65. The van der Waals surface area contributed by atoms with Gasteiger partial charge in [0.05, 0.1) is 9.82 Å². The number of hydrogen-bond donors (Lipinski definition) is 0. The van der Waals surface area contributed by atoms with Crippen LogP contribution >= 0.6 is 11.6 Å². The Balaban J connectivity index is 2.44. The van der Waals surface area contributed by atoms with Gasteiger partial charge in [0.1, 0.15) is 10.8 Å². The van der Waals surface area contributed by atoms with Gasteiger partial charge in [-0.2, -0.15) is 0 Å². The third-order valence-electron chi connectivity index (χ3n) is 2.59. The molecule has 0 aliphatic carbocycles.